The number of thiophene rings is 1. The number of anilines is 1. The van der Waals surface area contributed by atoms with Crippen LogP contribution in [0.3, 0.4) is 0 Å². The Morgan fingerprint density at radius 3 is 2.80 bits per heavy atom. The van der Waals surface area contributed by atoms with E-state index in [1.807, 2.05) is 41.0 Å². The average Bonchev–Trinajstić information content (AvgIpc) is 3.73. The predicted octanol–water partition coefficient (Wildman–Crippen LogP) is 4.56. The van der Waals surface area contributed by atoms with Crippen molar-refractivity contribution in [1.82, 2.24) is 25.0 Å². The number of H-pyrrole nitrogens is 1. The summed E-state index contributed by atoms with van der Waals surface area (Å²) in [7, 11) is 0. The van der Waals surface area contributed by atoms with Crippen molar-refractivity contribution in [3.63, 3.8) is 0 Å². The Hall–Kier alpha value is -4.07. The number of pyridine rings is 1. The molecule has 4 aromatic rings. The molecule has 2 aliphatic heterocycles. The average molecular weight is 554 g/mol. The number of carbonyl (C=O) groups is 2. The molecule has 204 valence electrons. The van der Waals surface area contributed by atoms with Crippen LogP contribution >= 0.6 is 11.3 Å². The molecule has 0 saturated carbocycles. The van der Waals surface area contributed by atoms with Crippen LogP contribution in [-0.4, -0.2) is 69.5 Å². The van der Waals surface area contributed by atoms with Gasteiger partial charge in [-0.25, -0.2) is 0 Å². The zero-order valence-electron chi connectivity index (χ0n) is 22.4. The smallest absolute Gasteiger partial charge is 0.246 e. The van der Waals surface area contributed by atoms with Gasteiger partial charge in [-0.1, -0.05) is 0 Å². The van der Waals surface area contributed by atoms with Gasteiger partial charge in [-0.15, -0.1) is 0 Å². The number of likely N-dealkylation sites (tertiary alicyclic amines) is 2. The Kier molecular flexibility index (Phi) is 7.09. The van der Waals surface area contributed by atoms with Crippen molar-refractivity contribution in [3.8, 4) is 17.3 Å². The second-order valence-corrected chi connectivity index (χ2v) is 11.6. The van der Waals surface area contributed by atoms with Crippen molar-refractivity contribution >= 4 is 39.7 Å². The number of aromatic amines is 1. The number of piperidine rings is 1. The van der Waals surface area contributed by atoms with Crippen molar-refractivity contribution in [2.24, 2.45) is 5.41 Å². The molecule has 10 heteroatoms. The third-order valence-corrected chi connectivity index (χ3v) is 8.91. The molecule has 0 bridgehead atoms. The molecule has 6 rings (SSSR count). The lowest BCUT2D eigenvalue weighted by molar-refractivity contribution is -0.133. The molecule has 1 atom stereocenters. The van der Waals surface area contributed by atoms with Gasteiger partial charge in [0.1, 0.15) is 11.1 Å². The van der Waals surface area contributed by atoms with E-state index in [-0.39, 0.29) is 24.9 Å². The molecule has 0 aliphatic carbocycles. The maximum atomic E-state index is 13.4. The minimum atomic E-state index is -1.21. The fourth-order valence-electron chi connectivity index (χ4n) is 5.87. The van der Waals surface area contributed by atoms with Crippen molar-refractivity contribution in [2.45, 2.75) is 32.1 Å². The van der Waals surface area contributed by atoms with Gasteiger partial charge in [0.2, 0.25) is 11.8 Å². The van der Waals surface area contributed by atoms with Gasteiger partial charge in [0.05, 0.1) is 18.1 Å². The summed E-state index contributed by atoms with van der Waals surface area (Å²) in [5.74, 6) is 0.246. The maximum absolute atomic E-state index is 13.4. The molecule has 40 heavy (non-hydrogen) atoms. The van der Waals surface area contributed by atoms with Gasteiger partial charge < -0.3 is 10.2 Å². The highest BCUT2D eigenvalue weighted by atomic mass is 32.1. The molecule has 0 spiro atoms. The van der Waals surface area contributed by atoms with Crippen LogP contribution in [0.25, 0.3) is 22.2 Å². The summed E-state index contributed by atoms with van der Waals surface area (Å²) in [6.07, 6.45) is 4.07. The number of aromatic nitrogens is 3. The van der Waals surface area contributed by atoms with Gasteiger partial charge in [-0.3, -0.25) is 24.6 Å². The Morgan fingerprint density at radius 2 is 2.05 bits per heavy atom. The van der Waals surface area contributed by atoms with E-state index in [1.54, 1.807) is 23.6 Å². The number of nitrogens with one attached hydrogen (secondary N) is 2. The highest BCUT2D eigenvalue weighted by molar-refractivity contribution is 7.08. The molecular weight excluding hydrogens is 522 g/mol. The molecule has 3 aromatic heterocycles. The predicted molar refractivity (Wildman–Crippen MR) is 155 cm³/mol. The first kappa shape index (κ1) is 26.2. The summed E-state index contributed by atoms with van der Waals surface area (Å²) in [5, 5.41) is 25.7. The summed E-state index contributed by atoms with van der Waals surface area (Å²) in [6, 6.07) is 13.9. The molecule has 5 heterocycles. The quantitative estimate of drug-likeness (QED) is 0.362. The van der Waals surface area contributed by atoms with E-state index < -0.39 is 5.41 Å². The summed E-state index contributed by atoms with van der Waals surface area (Å²) in [4.78, 5) is 34.6. The van der Waals surface area contributed by atoms with Crippen LogP contribution in [0.4, 0.5) is 5.69 Å². The summed E-state index contributed by atoms with van der Waals surface area (Å²) >= 11 is 1.71. The third-order valence-electron chi connectivity index (χ3n) is 8.21. The first-order valence-electron chi connectivity index (χ1n) is 13.6. The van der Waals surface area contributed by atoms with Crippen LogP contribution in [0.2, 0.25) is 0 Å². The number of fused-ring (bicyclic) bond motifs is 1. The van der Waals surface area contributed by atoms with E-state index in [9.17, 15) is 14.9 Å². The Morgan fingerprint density at radius 1 is 1.20 bits per heavy atom. The van der Waals surface area contributed by atoms with E-state index in [0.717, 1.165) is 53.8 Å². The Labute approximate surface area is 236 Å². The van der Waals surface area contributed by atoms with E-state index in [2.05, 4.69) is 43.4 Å². The zero-order chi connectivity index (χ0) is 27.7. The number of hydrogen-bond acceptors (Lipinski definition) is 7. The number of nitrogens with zero attached hydrogens (tertiary/aromatic N) is 5. The molecule has 0 unspecified atom stereocenters. The molecule has 2 saturated heterocycles. The Bertz CT molecular complexity index is 1580. The minimum Gasteiger partial charge on any atom is -0.342 e. The van der Waals surface area contributed by atoms with Gasteiger partial charge in [0.25, 0.3) is 0 Å². The van der Waals surface area contributed by atoms with E-state index in [1.165, 1.54) is 5.56 Å². The standard InChI is InChI=1S/C30H31N7O2S/c1-20-14-22(4-9-32-20)28-25-15-24(2-3-26(25)34-35-28)33-29(39)30(18-31)8-12-36(19-30)16-27(38)37-10-5-21(6-11-37)23-7-13-40-17-23/h2-4,7,9,13-15,17,21H,5-6,8,10-12,16,19H2,1H3,(H,33,39)(H,34,35)/t30-/m0/s1. The first-order chi connectivity index (χ1) is 19.4. The number of aryl methyl sites for hydroxylation is 1. The lowest BCUT2D eigenvalue weighted by Gasteiger charge is -2.33. The molecule has 2 amide bonds. The summed E-state index contributed by atoms with van der Waals surface area (Å²) < 4.78 is 0. The van der Waals surface area contributed by atoms with Gasteiger partial charge in [-0.05, 0) is 84.8 Å². The lowest BCUT2D eigenvalue weighted by Crippen LogP contribution is -2.44. The van der Waals surface area contributed by atoms with Crippen LogP contribution in [0.15, 0.2) is 53.4 Å². The Balaban J connectivity index is 1.09. The summed E-state index contributed by atoms with van der Waals surface area (Å²) in [6.45, 7) is 4.42. The molecule has 1 aromatic carbocycles. The maximum Gasteiger partial charge on any atom is 0.246 e. The number of amides is 2. The van der Waals surface area contributed by atoms with Crippen LogP contribution in [0.1, 0.15) is 36.4 Å². The minimum absolute atomic E-state index is 0.0715. The van der Waals surface area contributed by atoms with E-state index >= 15 is 0 Å². The number of carbonyl (C=O) groups excluding carboxylic acids is 2. The molecule has 9 nitrogen and oxygen atoms in total. The van der Waals surface area contributed by atoms with E-state index in [4.69, 9.17) is 0 Å². The third kappa shape index (κ3) is 5.10. The van der Waals surface area contributed by atoms with Gasteiger partial charge in [0, 0.05) is 54.7 Å². The van der Waals surface area contributed by atoms with Crippen LogP contribution < -0.4 is 5.32 Å². The van der Waals surface area contributed by atoms with Crippen molar-refractivity contribution < 1.29 is 9.59 Å². The number of rotatable bonds is 6. The van der Waals surface area contributed by atoms with Crippen molar-refractivity contribution in [2.75, 3.05) is 38.0 Å². The topological polar surface area (TPSA) is 118 Å². The number of benzene rings is 1. The fourth-order valence-corrected chi connectivity index (χ4v) is 6.61. The van der Waals surface area contributed by atoms with E-state index in [0.29, 0.717) is 24.6 Å². The molecular formula is C30H31N7O2S. The highest BCUT2D eigenvalue weighted by Crippen LogP contribution is 2.34. The van der Waals surface area contributed by atoms with Gasteiger partial charge in [0.15, 0.2) is 0 Å². The normalized spacial score (nSPS) is 20.1. The lowest BCUT2D eigenvalue weighted by atomic mass is 9.88. The number of hydrogen-bond donors (Lipinski definition) is 2. The monoisotopic (exact) mass is 553 g/mol. The second kappa shape index (κ2) is 10.8. The van der Waals surface area contributed by atoms with Crippen molar-refractivity contribution in [1.29, 1.82) is 5.26 Å². The SMILES string of the molecule is Cc1cc(-c2n[nH]c3ccc(NC(=O)[C@]4(C#N)CCN(CC(=O)N5CCC(c6ccsc6)CC5)C4)cc23)ccn1. The molecule has 2 N–H and O–H groups in total. The molecule has 2 aliphatic rings. The highest BCUT2D eigenvalue weighted by Gasteiger charge is 2.46. The van der Waals surface area contributed by atoms with Gasteiger partial charge >= 0.3 is 0 Å². The van der Waals surface area contributed by atoms with Crippen molar-refractivity contribution in [3.05, 3.63) is 64.6 Å². The van der Waals surface area contributed by atoms with Crippen LogP contribution in [0.5, 0.6) is 0 Å². The zero-order valence-corrected chi connectivity index (χ0v) is 23.2. The van der Waals surface area contributed by atoms with Crippen LogP contribution in [-0.2, 0) is 9.59 Å². The molecule has 2 fully saturated rings. The fraction of sp³-hybridized carbons (Fsp3) is 0.367. The second-order valence-electron chi connectivity index (χ2n) is 10.8. The van der Waals surface area contributed by atoms with Crippen LogP contribution in [0, 0.1) is 23.7 Å². The van der Waals surface area contributed by atoms with Gasteiger partial charge in [-0.2, -0.15) is 21.7 Å². The largest absolute Gasteiger partial charge is 0.342 e. The summed E-state index contributed by atoms with van der Waals surface area (Å²) in [5.41, 5.74) is 4.21. The number of nitriles is 1. The molecule has 0 radical (unpaired) electrons. The first-order valence-corrected chi connectivity index (χ1v) is 14.5.